The van der Waals surface area contributed by atoms with Crippen molar-refractivity contribution < 1.29 is 37.5 Å². The van der Waals surface area contributed by atoms with E-state index >= 15 is 0 Å². The van der Waals surface area contributed by atoms with Gasteiger partial charge in [0.25, 0.3) is 0 Å². The molecule has 0 aliphatic rings. The second-order valence-corrected chi connectivity index (χ2v) is 11.0. The molecule has 2 nitrogen and oxygen atoms in total. The molecule has 150 valence electrons. The standard InChI is InChI=1S/2C13H12N.HI.Nd/c2*1-3-7-12(8-4-1)11-14-13-9-5-2-6-10-13;;/h2*1-10H,11H2;1H;/q2*-1;;+2. The van der Waals surface area contributed by atoms with Gasteiger partial charge in [-0.3, -0.25) is 0 Å². The van der Waals surface area contributed by atoms with Crippen molar-refractivity contribution in [3.8, 4) is 0 Å². The molecular formula is C26H25IN2Nd. The molecule has 0 saturated carbocycles. The molecule has 30 heavy (non-hydrogen) atoms. The van der Waals surface area contributed by atoms with E-state index < -0.39 is 37.5 Å². The Kier molecular flexibility index (Phi) is 9.62. The van der Waals surface area contributed by atoms with Gasteiger partial charge in [-0.05, 0) is 0 Å². The molecular weight excluding hydrogens is 611 g/mol. The monoisotopic (exact) mass is 634 g/mol. The molecule has 0 bridgehead atoms. The molecule has 0 atom stereocenters. The second-order valence-electron chi connectivity index (χ2n) is 6.91. The Morgan fingerprint density at radius 3 is 1.07 bits per heavy atom. The summed E-state index contributed by atoms with van der Waals surface area (Å²) in [6.45, 7) is 1.90. The summed E-state index contributed by atoms with van der Waals surface area (Å²) in [5.74, 6) is 0. The van der Waals surface area contributed by atoms with Gasteiger partial charge in [-0.15, -0.1) is 24.0 Å². The predicted molar refractivity (Wildman–Crippen MR) is 134 cm³/mol. The summed E-state index contributed by atoms with van der Waals surface area (Å²) < 4.78 is 5.26. The molecule has 4 heteroatoms. The Hall–Kier alpha value is -1.44. The number of halogens is 1. The maximum atomic E-state index is 2.63. The van der Waals surface area contributed by atoms with Crippen LogP contribution in [-0.2, 0) is 13.1 Å². The fourth-order valence-corrected chi connectivity index (χ4v) is 7.52. The molecule has 0 aliphatic heterocycles. The molecule has 0 fully saturated rings. The van der Waals surface area contributed by atoms with Crippen LogP contribution in [0.2, 0.25) is 0 Å². The number of para-hydroxylation sites is 2. The van der Waals surface area contributed by atoms with Crippen LogP contribution >= 0.6 is 24.0 Å². The Morgan fingerprint density at radius 1 is 0.433 bits per heavy atom. The number of nitrogens with zero attached hydrogens (tertiary/aromatic N) is 2. The van der Waals surface area contributed by atoms with Gasteiger partial charge in [0, 0.05) is 0 Å². The average molecular weight is 637 g/mol. The van der Waals surface area contributed by atoms with E-state index in [2.05, 4.69) is 123 Å². The molecule has 0 saturated heterocycles. The summed E-state index contributed by atoms with van der Waals surface area (Å²) in [6, 6.07) is 43.3. The zero-order valence-corrected chi connectivity index (χ0v) is 22.3. The van der Waals surface area contributed by atoms with E-state index in [0.717, 1.165) is 13.1 Å². The van der Waals surface area contributed by atoms with Crippen molar-refractivity contribution in [3.63, 3.8) is 0 Å². The van der Waals surface area contributed by atoms with Crippen LogP contribution in [0.15, 0.2) is 121 Å². The van der Waals surface area contributed by atoms with Crippen molar-refractivity contribution in [3.05, 3.63) is 132 Å². The van der Waals surface area contributed by atoms with E-state index in [0.29, 0.717) is 0 Å². The molecule has 4 rings (SSSR count). The van der Waals surface area contributed by atoms with Crippen LogP contribution in [0, 0.1) is 37.5 Å². The molecule has 0 heterocycles. The van der Waals surface area contributed by atoms with Crippen molar-refractivity contribution in [1.82, 2.24) is 0 Å². The van der Waals surface area contributed by atoms with E-state index in [1.54, 1.807) is 0 Å². The molecule has 0 radical (unpaired) electrons. The van der Waals surface area contributed by atoms with Crippen molar-refractivity contribution >= 4 is 35.4 Å². The predicted octanol–water partition coefficient (Wildman–Crippen LogP) is 6.93. The molecule has 0 aromatic heterocycles. The maximum absolute atomic E-state index is 2.63. The van der Waals surface area contributed by atoms with Crippen LogP contribution in [0.3, 0.4) is 0 Å². The van der Waals surface area contributed by atoms with Crippen molar-refractivity contribution in [2.24, 2.45) is 0 Å². The average Bonchev–Trinajstić information content (AvgIpc) is 2.81. The van der Waals surface area contributed by atoms with Gasteiger partial charge in [-0.1, -0.05) is 0 Å². The number of hydrogen-bond donors (Lipinski definition) is 0. The first-order valence-electron chi connectivity index (χ1n) is 9.88. The van der Waals surface area contributed by atoms with Crippen molar-refractivity contribution in [1.29, 1.82) is 0 Å². The van der Waals surface area contributed by atoms with Crippen LogP contribution in [0.5, 0.6) is 0 Å². The first-order valence-corrected chi connectivity index (χ1v) is 12.7. The summed E-state index contributed by atoms with van der Waals surface area (Å²) in [5, 5.41) is 0. The first-order chi connectivity index (χ1) is 14.4. The first kappa shape index (κ1) is 23.2. The van der Waals surface area contributed by atoms with Gasteiger partial charge in [-0.2, -0.15) is 0 Å². The van der Waals surface area contributed by atoms with Gasteiger partial charge in [0.1, 0.15) is 0 Å². The van der Waals surface area contributed by atoms with Crippen LogP contribution < -0.4 is 1.97 Å². The van der Waals surface area contributed by atoms with E-state index in [-0.39, 0.29) is 24.0 Å². The molecule has 4 aromatic rings. The number of anilines is 2. The quantitative estimate of drug-likeness (QED) is 0.194. The van der Waals surface area contributed by atoms with E-state index in [1.165, 1.54) is 22.5 Å². The third-order valence-electron chi connectivity index (χ3n) is 4.74. The van der Waals surface area contributed by atoms with Gasteiger partial charge in [-0.25, -0.2) is 0 Å². The zero-order chi connectivity index (χ0) is 19.7. The van der Waals surface area contributed by atoms with Gasteiger partial charge in [0.2, 0.25) is 0 Å². The van der Waals surface area contributed by atoms with Crippen LogP contribution in [0.25, 0.3) is 0 Å². The fraction of sp³-hybridized carbons (Fsp3) is 0.0769. The number of rotatable bonds is 8. The van der Waals surface area contributed by atoms with Crippen LogP contribution in [0.1, 0.15) is 11.1 Å². The zero-order valence-electron chi connectivity index (χ0n) is 16.8. The van der Waals surface area contributed by atoms with Gasteiger partial charge < -0.3 is 0 Å². The SMILES string of the molecule is I.c1ccc(C[N]([Nd][N](Cc2ccccc2)c2ccccc2)c2ccccc2)cc1. The van der Waals surface area contributed by atoms with Crippen LogP contribution in [0.4, 0.5) is 11.4 Å². The summed E-state index contributed by atoms with van der Waals surface area (Å²) in [7, 11) is 0. The fourth-order valence-electron chi connectivity index (χ4n) is 3.26. The van der Waals surface area contributed by atoms with Gasteiger partial charge >= 0.3 is 196 Å². The number of hydrogen-bond acceptors (Lipinski definition) is 2. The van der Waals surface area contributed by atoms with Gasteiger partial charge in [0.05, 0.1) is 0 Å². The van der Waals surface area contributed by atoms with E-state index in [9.17, 15) is 0 Å². The Balaban J connectivity index is 0.00000256. The second kappa shape index (κ2) is 12.4. The molecule has 4 aromatic carbocycles. The minimum atomic E-state index is -1.41. The van der Waals surface area contributed by atoms with Crippen molar-refractivity contribution in [2.45, 2.75) is 13.1 Å². The van der Waals surface area contributed by atoms with E-state index in [1.807, 2.05) is 0 Å². The van der Waals surface area contributed by atoms with Gasteiger partial charge in [0.15, 0.2) is 0 Å². The van der Waals surface area contributed by atoms with Crippen molar-refractivity contribution in [2.75, 3.05) is 1.97 Å². The molecule has 0 aliphatic carbocycles. The Morgan fingerprint density at radius 2 is 0.733 bits per heavy atom. The van der Waals surface area contributed by atoms with E-state index in [4.69, 9.17) is 0 Å². The minimum absolute atomic E-state index is 0. The molecule has 0 unspecified atom stereocenters. The molecule has 0 spiro atoms. The molecule has 0 amide bonds. The number of benzene rings is 4. The Labute approximate surface area is 218 Å². The third kappa shape index (κ3) is 6.79. The normalized spacial score (nSPS) is 10.0. The third-order valence-corrected chi connectivity index (χ3v) is 8.96. The topological polar surface area (TPSA) is 6.48 Å². The summed E-state index contributed by atoms with van der Waals surface area (Å²) >= 11 is -1.41. The summed E-state index contributed by atoms with van der Waals surface area (Å²) in [5.41, 5.74) is 5.34. The summed E-state index contributed by atoms with van der Waals surface area (Å²) in [4.78, 5) is 0. The Bertz CT molecular complexity index is 899. The molecule has 0 N–H and O–H groups in total. The van der Waals surface area contributed by atoms with Crippen LogP contribution in [-0.4, -0.2) is 0 Å². The summed E-state index contributed by atoms with van der Waals surface area (Å²) in [6.07, 6.45) is 0.